The fourth-order valence-corrected chi connectivity index (χ4v) is 3.91. The molecule has 0 unspecified atom stereocenters. The van der Waals surface area contributed by atoms with Gasteiger partial charge in [0.25, 0.3) is 5.69 Å². The molecule has 0 radical (unpaired) electrons. The molecule has 1 atom stereocenters. The number of nitrogens with zero attached hydrogens (tertiary/aromatic N) is 1. The van der Waals surface area contributed by atoms with Crippen LogP contribution < -0.4 is 16.0 Å². The second-order valence-electron chi connectivity index (χ2n) is 8.23. The molecular formula is C23H35Cl3N4O3S. The van der Waals surface area contributed by atoms with Gasteiger partial charge in [-0.3, -0.25) is 14.9 Å². The van der Waals surface area contributed by atoms with Crippen LogP contribution in [0.1, 0.15) is 84.0 Å². The summed E-state index contributed by atoms with van der Waals surface area (Å²) in [6, 6.07) is 5.68. The van der Waals surface area contributed by atoms with Crippen molar-refractivity contribution in [3.8, 4) is 0 Å². The Kier molecular flexibility index (Phi) is 15.5. The summed E-state index contributed by atoms with van der Waals surface area (Å²) in [4.78, 5) is 22.6. The van der Waals surface area contributed by atoms with Gasteiger partial charge >= 0.3 is 0 Å². The average Bonchev–Trinajstić information content (AvgIpc) is 2.76. The van der Waals surface area contributed by atoms with E-state index in [1.54, 1.807) is 0 Å². The Labute approximate surface area is 222 Å². The summed E-state index contributed by atoms with van der Waals surface area (Å²) in [5.74, 6) is -0.238. The molecule has 3 N–H and O–H groups in total. The summed E-state index contributed by atoms with van der Waals surface area (Å²) < 4.78 is -1.84. The molecule has 1 rings (SSSR count). The van der Waals surface area contributed by atoms with E-state index in [0.29, 0.717) is 12.1 Å². The number of nitro groups is 1. The lowest BCUT2D eigenvalue weighted by atomic mass is 10.1. The first kappa shape index (κ1) is 30.7. The Balaban J connectivity index is 2.31. The maximum Gasteiger partial charge on any atom is 0.269 e. The van der Waals surface area contributed by atoms with E-state index >= 15 is 0 Å². The van der Waals surface area contributed by atoms with Gasteiger partial charge in [-0.1, -0.05) is 106 Å². The fraction of sp³-hybridized carbons (Fsp3) is 0.652. The summed E-state index contributed by atoms with van der Waals surface area (Å²) in [6.45, 7) is 2.23. The number of alkyl halides is 3. The number of thiocarbonyl (C=S) groups is 1. The predicted molar refractivity (Wildman–Crippen MR) is 146 cm³/mol. The van der Waals surface area contributed by atoms with E-state index < -0.39 is 14.9 Å². The summed E-state index contributed by atoms with van der Waals surface area (Å²) >= 11 is 23.2. The summed E-state index contributed by atoms with van der Waals surface area (Å²) in [7, 11) is 0. The Bertz CT molecular complexity index is 761. The van der Waals surface area contributed by atoms with E-state index in [9.17, 15) is 14.9 Å². The van der Waals surface area contributed by atoms with Gasteiger partial charge in [-0.2, -0.15) is 0 Å². The third-order valence-electron chi connectivity index (χ3n) is 5.25. The van der Waals surface area contributed by atoms with E-state index in [2.05, 4.69) is 22.9 Å². The highest BCUT2D eigenvalue weighted by Crippen LogP contribution is 2.29. The molecule has 0 spiro atoms. The van der Waals surface area contributed by atoms with Crippen LogP contribution in [0.2, 0.25) is 0 Å². The van der Waals surface area contributed by atoms with E-state index in [-0.39, 0.29) is 16.7 Å². The Morgan fingerprint density at radius 3 is 1.91 bits per heavy atom. The number of anilines is 1. The van der Waals surface area contributed by atoms with E-state index in [4.69, 9.17) is 47.0 Å². The monoisotopic (exact) mass is 552 g/mol. The van der Waals surface area contributed by atoms with Gasteiger partial charge in [0.2, 0.25) is 9.70 Å². The standard InChI is InChI=1S/C23H35Cl3N4O3S/c1-2-3-4-5-6-7-8-9-10-11-12-13-20(31)28-21(23(24,25)26)29-22(34)27-18-14-16-19(17-15-18)30(32)33/h14-17,21H,2-13H2,1H3,(H,28,31)(H2,27,29,34)/t21-/m1/s1. The van der Waals surface area contributed by atoms with Gasteiger partial charge in [0.05, 0.1) is 4.92 Å². The highest BCUT2D eigenvalue weighted by molar-refractivity contribution is 7.80. The van der Waals surface area contributed by atoms with Crippen molar-refractivity contribution < 1.29 is 9.72 Å². The highest BCUT2D eigenvalue weighted by atomic mass is 35.6. The number of nitro benzene ring substituents is 1. The lowest BCUT2D eigenvalue weighted by Gasteiger charge is -2.27. The van der Waals surface area contributed by atoms with Gasteiger partial charge in [0, 0.05) is 24.2 Å². The molecule has 0 aliphatic heterocycles. The minimum atomic E-state index is -1.84. The van der Waals surface area contributed by atoms with Crippen molar-refractivity contribution in [1.82, 2.24) is 10.6 Å². The van der Waals surface area contributed by atoms with Crippen molar-refractivity contribution in [2.45, 2.75) is 93.9 Å². The number of benzene rings is 1. The molecule has 0 bridgehead atoms. The van der Waals surface area contributed by atoms with Gasteiger partial charge < -0.3 is 16.0 Å². The van der Waals surface area contributed by atoms with Crippen molar-refractivity contribution in [1.29, 1.82) is 0 Å². The van der Waals surface area contributed by atoms with Crippen LogP contribution in [0.5, 0.6) is 0 Å². The van der Waals surface area contributed by atoms with Crippen LogP contribution in [0.4, 0.5) is 11.4 Å². The first-order valence-corrected chi connectivity index (χ1v) is 13.4. The predicted octanol–water partition coefficient (Wildman–Crippen LogP) is 7.39. The number of halogens is 3. The third kappa shape index (κ3) is 14.1. The second kappa shape index (κ2) is 17.1. The molecule has 0 saturated heterocycles. The number of rotatable bonds is 16. The minimum absolute atomic E-state index is 0.0433. The van der Waals surface area contributed by atoms with Crippen LogP contribution in [-0.2, 0) is 4.79 Å². The first-order chi connectivity index (χ1) is 16.1. The molecule has 1 aromatic carbocycles. The zero-order valence-corrected chi connectivity index (χ0v) is 22.7. The molecule has 0 heterocycles. The number of unbranched alkanes of at least 4 members (excludes halogenated alkanes) is 10. The van der Waals surface area contributed by atoms with E-state index in [1.807, 2.05) is 0 Å². The summed E-state index contributed by atoms with van der Waals surface area (Å²) in [5, 5.41) is 19.1. The molecular weight excluding hydrogens is 519 g/mol. The molecule has 0 aliphatic carbocycles. The molecule has 1 aromatic rings. The Morgan fingerprint density at radius 2 is 1.44 bits per heavy atom. The van der Waals surface area contributed by atoms with Gasteiger partial charge in [-0.05, 0) is 30.8 Å². The van der Waals surface area contributed by atoms with Crippen LogP contribution >= 0.6 is 47.0 Å². The molecule has 7 nitrogen and oxygen atoms in total. The summed E-state index contributed by atoms with van der Waals surface area (Å²) in [5.41, 5.74) is 0.469. The lowest BCUT2D eigenvalue weighted by Crippen LogP contribution is -2.56. The molecule has 11 heteroatoms. The maximum absolute atomic E-state index is 12.3. The average molecular weight is 554 g/mol. The fourth-order valence-electron chi connectivity index (χ4n) is 3.35. The molecule has 0 saturated carbocycles. The van der Waals surface area contributed by atoms with E-state index in [1.165, 1.54) is 75.6 Å². The van der Waals surface area contributed by atoms with Gasteiger partial charge in [0.15, 0.2) is 5.11 Å². The lowest BCUT2D eigenvalue weighted by molar-refractivity contribution is -0.384. The van der Waals surface area contributed by atoms with Crippen LogP contribution in [0.3, 0.4) is 0 Å². The van der Waals surface area contributed by atoms with Crippen molar-refractivity contribution >= 4 is 69.4 Å². The molecule has 192 valence electrons. The quantitative estimate of drug-likeness (QED) is 0.0493. The Morgan fingerprint density at radius 1 is 0.941 bits per heavy atom. The number of non-ortho nitro benzene ring substituents is 1. The second-order valence-corrected chi connectivity index (χ2v) is 11.0. The largest absolute Gasteiger partial charge is 0.339 e. The topological polar surface area (TPSA) is 96.3 Å². The normalized spacial score (nSPS) is 12.1. The molecule has 34 heavy (non-hydrogen) atoms. The Hall–Kier alpha value is -1.35. The van der Waals surface area contributed by atoms with Crippen molar-refractivity contribution in [2.24, 2.45) is 0 Å². The van der Waals surface area contributed by atoms with Crippen molar-refractivity contribution in [3.05, 3.63) is 34.4 Å². The number of amides is 1. The number of carbonyl (C=O) groups excluding carboxylic acids is 1. The molecule has 0 fully saturated rings. The summed E-state index contributed by atoms with van der Waals surface area (Å²) in [6.07, 6.45) is 12.5. The number of hydrogen-bond acceptors (Lipinski definition) is 4. The zero-order valence-electron chi connectivity index (χ0n) is 19.6. The zero-order chi connectivity index (χ0) is 25.4. The SMILES string of the molecule is CCCCCCCCCCCCCC(=O)N[C@H](NC(=S)Nc1ccc([N+](=O)[O-])cc1)C(Cl)(Cl)Cl. The highest BCUT2D eigenvalue weighted by Gasteiger charge is 2.34. The minimum Gasteiger partial charge on any atom is -0.339 e. The molecule has 1 amide bonds. The van der Waals surface area contributed by atoms with E-state index in [0.717, 1.165) is 19.3 Å². The maximum atomic E-state index is 12.3. The van der Waals surface area contributed by atoms with Crippen LogP contribution in [0.25, 0.3) is 0 Å². The van der Waals surface area contributed by atoms with Crippen molar-refractivity contribution in [3.63, 3.8) is 0 Å². The van der Waals surface area contributed by atoms with Crippen LogP contribution in [-0.4, -0.2) is 25.9 Å². The van der Waals surface area contributed by atoms with Crippen LogP contribution in [0.15, 0.2) is 24.3 Å². The van der Waals surface area contributed by atoms with Gasteiger partial charge in [-0.25, -0.2) is 0 Å². The third-order valence-corrected chi connectivity index (χ3v) is 6.13. The van der Waals surface area contributed by atoms with Gasteiger partial charge in [0.1, 0.15) is 6.17 Å². The number of carbonyl (C=O) groups is 1. The molecule has 0 aromatic heterocycles. The first-order valence-electron chi connectivity index (χ1n) is 11.8. The van der Waals surface area contributed by atoms with Crippen LogP contribution in [0, 0.1) is 10.1 Å². The number of nitrogens with one attached hydrogen (secondary N) is 3. The van der Waals surface area contributed by atoms with Gasteiger partial charge in [-0.15, -0.1) is 0 Å². The smallest absolute Gasteiger partial charge is 0.269 e. The van der Waals surface area contributed by atoms with Crippen molar-refractivity contribution in [2.75, 3.05) is 5.32 Å². The number of hydrogen-bond donors (Lipinski definition) is 3. The molecule has 0 aliphatic rings.